The number of cyclic esters (lactones) is 2. The first kappa shape index (κ1) is 17.4. The van der Waals surface area contributed by atoms with Gasteiger partial charge in [0.1, 0.15) is 9.81 Å². The molecule has 23 heavy (non-hydrogen) atoms. The molecule has 2 aliphatic rings. The molecule has 0 unspecified atom stereocenters. The second-order valence-corrected chi connectivity index (χ2v) is 6.99. The molecule has 0 aliphatic carbocycles. The molecular weight excluding hydrogens is 348 g/mol. The Bertz CT molecular complexity index is 621. The molecule has 0 bridgehead atoms. The lowest BCUT2D eigenvalue weighted by Crippen LogP contribution is -2.42. The molecule has 10 heteroatoms. The average Bonchev–Trinajstić information content (AvgIpc) is 2.88. The van der Waals surface area contributed by atoms with Gasteiger partial charge in [-0.25, -0.2) is 19.2 Å². The first-order valence-electron chi connectivity index (χ1n) is 6.17. The number of ether oxygens (including phenoxy) is 4. The number of methoxy groups -OCH3 is 2. The number of carbonyl (C=O) groups excluding carboxylic acids is 4. The molecule has 0 amide bonds. The van der Waals surface area contributed by atoms with Gasteiger partial charge in [0, 0.05) is 13.8 Å². The van der Waals surface area contributed by atoms with E-state index in [1.54, 1.807) is 0 Å². The van der Waals surface area contributed by atoms with Crippen molar-refractivity contribution < 1.29 is 38.1 Å². The van der Waals surface area contributed by atoms with Gasteiger partial charge in [0.05, 0.1) is 18.5 Å². The molecule has 0 aromatic rings. The Morgan fingerprint density at radius 1 is 0.913 bits per heavy atom. The summed E-state index contributed by atoms with van der Waals surface area (Å²) in [6, 6.07) is 0. The molecule has 124 valence electrons. The molecule has 2 aliphatic heterocycles. The lowest BCUT2D eigenvalue weighted by molar-refractivity contribution is -0.222. The Kier molecular flexibility index (Phi) is 4.76. The van der Waals surface area contributed by atoms with E-state index in [9.17, 15) is 19.2 Å². The zero-order valence-corrected chi connectivity index (χ0v) is 14.2. The maximum Gasteiger partial charge on any atom is 0.350 e. The zero-order chi connectivity index (χ0) is 17.4. The van der Waals surface area contributed by atoms with E-state index in [0.717, 1.165) is 37.7 Å². The maximum absolute atomic E-state index is 12.0. The van der Waals surface area contributed by atoms with E-state index < -0.39 is 29.7 Å². The van der Waals surface area contributed by atoms with Gasteiger partial charge in [-0.05, 0) is 0 Å². The van der Waals surface area contributed by atoms with Gasteiger partial charge in [0.15, 0.2) is 5.57 Å². The second kappa shape index (κ2) is 6.28. The third-order valence-electron chi connectivity index (χ3n) is 2.63. The number of thioether (sulfide) groups is 2. The third-order valence-corrected chi connectivity index (χ3v) is 5.18. The fourth-order valence-electron chi connectivity index (χ4n) is 1.67. The van der Waals surface area contributed by atoms with Crippen molar-refractivity contribution in [2.75, 3.05) is 14.2 Å². The lowest BCUT2D eigenvalue weighted by Gasteiger charge is -2.30. The summed E-state index contributed by atoms with van der Waals surface area (Å²) >= 11 is 1.51. The van der Waals surface area contributed by atoms with Crippen LogP contribution in [0.2, 0.25) is 0 Å². The predicted octanol–water partition coefficient (Wildman–Crippen LogP) is 1.07. The first-order chi connectivity index (χ1) is 10.7. The molecule has 0 aromatic carbocycles. The van der Waals surface area contributed by atoms with Gasteiger partial charge >= 0.3 is 23.9 Å². The van der Waals surface area contributed by atoms with Crippen LogP contribution in [0.25, 0.3) is 0 Å². The van der Waals surface area contributed by atoms with Crippen molar-refractivity contribution in [1.82, 2.24) is 0 Å². The van der Waals surface area contributed by atoms with Crippen molar-refractivity contribution in [2.45, 2.75) is 19.6 Å². The van der Waals surface area contributed by atoms with Crippen molar-refractivity contribution in [3.8, 4) is 0 Å². The normalized spacial score (nSPS) is 20.2. The number of carbonyl (C=O) groups is 4. The van der Waals surface area contributed by atoms with E-state index in [2.05, 4.69) is 9.47 Å². The van der Waals surface area contributed by atoms with Crippen LogP contribution in [0.1, 0.15) is 13.8 Å². The molecule has 0 saturated carbocycles. The van der Waals surface area contributed by atoms with E-state index in [-0.39, 0.29) is 19.6 Å². The summed E-state index contributed by atoms with van der Waals surface area (Å²) in [5.41, 5.74) is -0.375. The molecule has 2 heterocycles. The Morgan fingerprint density at radius 2 is 1.30 bits per heavy atom. The van der Waals surface area contributed by atoms with Gasteiger partial charge in [-0.15, -0.1) is 0 Å². The number of rotatable bonds is 2. The van der Waals surface area contributed by atoms with E-state index in [1.807, 2.05) is 0 Å². The van der Waals surface area contributed by atoms with E-state index in [0.29, 0.717) is 0 Å². The molecule has 0 N–H and O–H groups in total. The Hall–Kier alpha value is -1.94. The maximum atomic E-state index is 12.0. The Balaban J connectivity index is 2.41. The highest BCUT2D eigenvalue weighted by molar-refractivity contribution is 8.29. The van der Waals surface area contributed by atoms with E-state index >= 15 is 0 Å². The van der Waals surface area contributed by atoms with Gasteiger partial charge in [0.2, 0.25) is 0 Å². The van der Waals surface area contributed by atoms with Crippen LogP contribution in [0.3, 0.4) is 0 Å². The van der Waals surface area contributed by atoms with Crippen molar-refractivity contribution in [1.29, 1.82) is 0 Å². The summed E-state index contributed by atoms with van der Waals surface area (Å²) in [5.74, 6) is -4.73. The SMILES string of the molecule is COC(=O)C1=C(C(=O)OC)SC(=C2C(=O)OC(C)(C)OC2=O)S1. The standard InChI is InChI=1S/C13H12O8S2/c1-13(2)20-8(14)5(9(15)21-13)12-22-6(10(16)18-3)7(23-12)11(17)19-4/h1-4H3. The van der Waals surface area contributed by atoms with Crippen molar-refractivity contribution >= 4 is 47.4 Å². The number of hydrogen-bond acceptors (Lipinski definition) is 10. The molecule has 0 aromatic heterocycles. The van der Waals surface area contributed by atoms with Crippen LogP contribution in [0.15, 0.2) is 19.6 Å². The first-order valence-corrected chi connectivity index (χ1v) is 7.81. The monoisotopic (exact) mass is 360 g/mol. The predicted molar refractivity (Wildman–Crippen MR) is 79.5 cm³/mol. The molecule has 1 fully saturated rings. The Morgan fingerprint density at radius 3 is 1.65 bits per heavy atom. The smallest absolute Gasteiger partial charge is 0.350 e. The van der Waals surface area contributed by atoms with Crippen LogP contribution in [0.4, 0.5) is 0 Å². The minimum atomic E-state index is -1.38. The largest absolute Gasteiger partial charge is 0.465 e. The fourth-order valence-corrected chi connectivity index (χ4v) is 4.18. The second-order valence-electron chi connectivity index (χ2n) is 4.69. The van der Waals surface area contributed by atoms with Crippen molar-refractivity contribution in [3.05, 3.63) is 19.6 Å². The van der Waals surface area contributed by atoms with Crippen LogP contribution >= 0.6 is 23.5 Å². The quantitative estimate of drug-likeness (QED) is 0.307. The number of hydrogen-bond donors (Lipinski definition) is 0. The highest BCUT2D eigenvalue weighted by Gasteiger charge is 2.44. The van der Waals surface area contributed by atoms with Gasteiger partial charge < -0.3 is 18.9 Å². The molecule has 0 spiro atoms. The summed E-state index contributed by atoms with van der Waals surface area (Å²) in [7, 11) is 2.29. The zero-order valence-electron chi connectivity index (χ0n) is 12.6. The van der Waals surface area contributed by atoms with E-state index in [1.165, 1.54) is 13.8 Å². The minimum Gasteiger partial charge on any atom is -0.465 e. The highest BCUT2D eigenvalue weighted by Crippen LogP contribution is 2.52. The molecule has 8 nitrogen and oxygen atoms in total. The summed E-state index contributed by atoms with van der Waals surface area (Å²) in [6.07, 6.45) is 0. The fraction of sp³-hybridized carbons (Fsp3) is 0.385. The number of esters is 4. The summed E-state index contributed by atoms with van der Waals surface area (Å²) in [5, 5.41) is 0. The van der Waals surface area contributed by atoms with Crippen molar-refractivity contribution in [2.24, 2.45) is 0 Å². The van der Waals surface area contributed by atoms with Crippen molar-refractivity contribution in [3.63, 3.8) is 0 Å². The molecule has 2 rings (SSSR count). The highest BCUT2D eigenvalue weighted by atomic mass is 32.2. The van der Waals surface area contributed by atoms with Crippen LogP contribution in [0, 0.1) is 0 Å². The summed E-state index contributed by atoms with van der Waals surface area (Å²) < 4.78 is 19.3. The molecular formula is C13H12O8S2. The lowest BCUT2D eigenvalue weighted by atomic mass is 10.2. The van der Waals surface area contributed by atoms with Gasteiger partial charge in [0.25, 0.3) is 5.79 Å². The topological polar surface area (TPSA) is 105 Å². The van der Waals surface area contributed by atoms with Crippen LogP contribution in [0.5, 0.6) is 0 Å². The molecule has 1 saturated heterocycles. The summed E-state index contributed by atoms with van der Waals surface area (Å²) in [4.78, 5) is 47.5. The van der Waals surface area contributed by atoms with Crippen LogP contribution in [-0.2, 0) is 38.1 Å². The van der Waals surface area contributed by atoms with Crippen LogP contribution in [-0.4, -0.2) is 43.9 Å². The average molecular weight is 360 g/mol. The van der Waals surface area contributed by atoms with Gasteiger partial charge in [-0.3, -0.25) is 0 Å². The molecule has 0 atom stereocenters. The Labute approximate surface area is 139 Å². The van der Waals surface area contributed by atoms with Gasteiger partial charge in [-0.2, -0.15) is 0 Å². The molecule has 0 radical (unpaired) electrons. The van der Waals surface area contributed by atoms with Gasteiger partial charge in [-0.1, -0.05) is 23.5 Å². The third kappa shape index (κ3) is 3.37. The van der Waals surface area contributed by atoms with Crippen LogP contribution < -0.4 is 0 Å². The minimum absolute atomic E-state index is 0.0720. The van der Waals surface area contributed by atoms with E-state index in [4.69, 9.17) is 9.47 Å². The summed E-state index contributed by atoms with van der Waals surface area (Å²) in [6.45, 7) is 2.83.